The summed E-state index contributed by atoms with van der Waals surface area (Å²) in [6.07, 6.45) is 4.86. The summed E-state index contributed by atoms with van der Waals surface area (Å²) in [5.41, 5.74) is 5.87. The predicted octanol–water partition coefficient (Wildman–Crippen LogP) is 6.32. The van der Waals surface area contributed by atoms with Gasteiger partial charge in [0.1, 0.15) is 22.6 Å². The third-order valence-corrected chi connectivity index (χ3v) is 6.29. The molecule has 1 fully saturated rings. The summed E-state index contributed by atoms with van der Waals surface area (Å²) in [5.74, 6) is -0.861. The van der Waals surface area contributed by atoms with Crippen molar-refractivity contribution in [3.63, 3.8) is 0 Å². The molecule has 3 rings (SSSR count). The second kappa shape index (κ2) is 9.60. The van der Waals surface area contributed by atoms with Gasteiger partial charge in [0.15, 0.2) is 5.78 Å². The topological polar surface area (TPSA) is 101 Å². The van der Waals surface area contributed by atoms with Gasteiger partial charge in [-0.15, -0.1) is 0 Å². The summed E-state index contributed by atoms with van der Waals surface area (Å²) in [6, 6.07) is 0. The van der Waals surface area contributed by atoms with Crippen molar-refractivity contribution in [3.8, 4) is 0 Å². The third kappa shape index (κ3) is 5.89. The Morgan fingerprint density at radius 1 is 0.667 bits per heavy atom. The molecule has 0 atom stereocenters. The summed E-state index contributed by atoms with van der Waals surface area (Å²) in [6.45, 7) is 18.5. The predicted molar refractivity (Wildman–Crippen MR) is 141 cm³/mol. The van der Waals surface area contributed by atoms with Crippen LogP contribution in [-0.2, 0) is 14.3 Å². The molecule has 0 bridgehead atoms. The molecule has 0 unspecified atom stereocenters. The number of ketones is 1. The standard InChI is InChI=1S/C29H38N2O5/c1-15-17(3)23(26(33)35-28(5,6)7)30-21(15)13-19-11-12-20(25(19)32)14-22-16(2)18(4)24(31-22)27(34)36-29(8,9)10/h13-14,30-31H,11-12H2,1-10H3/b19-13+,20-14+. The van der Waals surface area contributed by atoms with Gasteiger partial charge < -0.3 is 19.4 Å². The van der Waals surface area contributed by atoms with Crippen molar-refractivity contribution in [3.05, 3.63) is 56.2 Å². The number of nitrogens with one attached hydrogen (secondary N) is 2. The van der Waals surface area contributed by atoms with Crippen molar-refractivity contribution < 1.29 is 23.9 Å². The summed E-state index contributed by atoms with van der Waals surface area (Å²) in [5, 5.41) is 0. The molecular formula is C29H38N2O5. The molecule has 2 aromatic rings. The van der Waals surface area contributed by atoms with E-state index in [9.17, 15) is 14.4 Å². The van der Waals surface area contributed by atoms with Crippen molar-refractivity contribution in [2.24, 2.45) is 0 Å². The zero-order chi connectivity index (χ0) is 27.2. The Balaban J connectivity index is 1.87. The van der Waals surface area contributed by atoms with Crippen LogP contribution in [0.1, 0.15) is 109 Å². The molecular weight excluding hydrogens is 456 g/mol. The van der Waals surface area contributed by atoms with E-state index in [1.165, 1.54) is 0 Å². The molecule has 7 heteroatoms. The van der Waals surface area contributed by atoms with E-state index in [1.807, 2.05) is 81.4 Å². The first-order valence-corrected chi connectivity index (χ1v) is 12.3. The Kier molecular flexibility index (Phi) is 7.26. The summed E-state index contributed by atoms with van der Waals surface area (Å²) in [4.78, 5) is 44.7. The van der Waals surface area contributed by atoms with Crippen molar-refractivity contribution in [2.45, 2.75) is 93.3 Å². The molecule has 0 spiro atoms. The first kappa shape index (κ1) is 27.2. The summed E-state index contributed by atoms with van der Waals surface area (Å²) in [7, 11) is 0. The number of rotatable bonds is 4. The maximum Gasteiger partial charge on any atom is 0.355 e. The van der Waals surface area contributed by atoms with Crippen molar-refractivity contribution in [1.82, 2.24) is 9.97 Å². The second-order valence-electron chi connectivity index (χ2n) is 11.5. The van der Waals surface area contributed by atoms with E-state index in [2.05, 4.69) is 9.97 Å². The van der Waals surface area contributed by atoms with Crippen molar-refractivity contribution in [1.29, 1.82) is 0 Å². The fraction of sp³-hybridized carbons (Fsp3) is 0.483. The number of aromatic nitrogens is 2. The van der Waals surface area contributed by atoms with Gasteiger partial charge in [0.05, 0.1) is 0 Å². The maximum absolute atomic E-state index is 13.2. The van der Waals surface area contributed by atoms with Gasteiger partial charge in [-0.3, -0.25) is 4.79 Å². The highest BCUT2D eigenvalue weighted by atomic mass is 16.6. The lowest BCUT2D eigenvalue weighted by Crippen LogP contribution is -2.24. The zero-order valence-corrected chi connectivity index (χ0v) is 23.1. The highest BCUT2D eigenvalue weighted by Gasteiger charge is 2.27. The molecule has 2 N–H and O–H groups in total. The number of Topliss-reactive ketones (excluding diaryl/α,β-unsaturated/α-hetero) is 1. The van der Waals surface area contributed by atoms with E-state index in [-0.39, 0.29) is 5.78 Å². The number of allylic oxidation sites excluding steroid dienone is 2. The summed E-state index contributed by atoms with van der Waals surface area (Å²) >= 11 is 0. The zero-order valence-electron chi connectivity index (χ0n) is 23.1. The van der Waals surface area contributed by atoms with Gasteiger partial charge >= 0.3 is 11.9 Å². The van der Waals surface area contributed by atoms with Crippen LogP contribution < -0.4 is 0 Å². The highest BCUT2D eigenvalue weighted by molar-refractivity contribution is 6.15. The number of aromatic amines is 2. The Morgan fingerprint density at radius 3 is 1.31 bits per heavy atom. The van der Waals surface area contributed by atoms with Gasteiger partial charge in [0.2, 0.25) is 0 Å². The van der Waals surface area contributed by atoms with Gasteiger partial charge in [0.25, 0.3) is 0 Å². The molecule has 2 aromatic heterocycles. The van der Waals surface area contributed by atoms with Crippen molar-refractivity contribution in [2.75, 3.05) is 0 Å². The molecule has 1 aliphatic carbocycles. The maximum atomic E-state index is 13.2. The van der Waals surface area contributed by atoms with E-state index in [4.69, 9.17) is 9.47 Å². The average Bonchev–Trinajstić information content (AvgIpc) is 3.32. The minimum absolute atomic E-state index is 0.0362. The van der Waals surface area contributed by atoms with E-state index in [1.54, 1.807) is 0 Å². The SMILES string of the molecule is Cc1c(/C=C2\CC/C(=C\c3[nH]c(C(=O)OC(C)(C)C)c(C)c3C)C2=O)[nH]c(C(=O)OC(C)(C)C)c1C. The molecule has 194 valence electrons. The molecule has 1 saturated carbocycles. The first-order chi connectivity index (χ1) is 16.5. The van der Waals surface area contributed by atoms with Gasteiger partial charge in [-0.1, -0.05) is 0 Å². The third-order valence-electron chi connectivity index (χ3n) is 6.29. The Morgan fingerprint density at radius 2 is 1.00 bits per heavy atom. The molecule has 0 radical (unpaired) electrons. The van der Waals surface area contributed by atoms with Crippen molar-refractivity contribution >= 4 is 29.9 Å². The average molecular weight is 495 g/mol. The van der Waals surface area contributed by atoms with Gasteiger partial charge in [0, 0.05) is 22.5 Å². The van der Waals surface area contributed by atoms with Crippen LogP contribution >= 0.6 is 0 Å². The largest absolute Gasteiger partial charge is 0.455 e. The lowest BCUT2D eigenvalue weighted by molar-refractivity contribution is -0.111. The lowest BCUT2D eigenvalue weighted by atomic mass is 10.1. The summed E-state index contributed by atoms with van der Waals surface area (Å²) < 4.78 is 11.0. The van der Waals surface area contributed by atoms with Crippen LogP contribution in [0.5, 0.6) is 0 Å². The molecule has 2 heterocycles. The van der Waals surface area contributed by atoms with Crippen LogP contribution in [0.2, 0.25) is 0 Å². The normalized spacial score (nSPS) is 16.8. The second-order valence-corrected chi connectivity index (χ2v) is 11.5. The Labute approximate surface area is 213 Å². The van der Waals surface area contributed by atoms with Crippen LogP contribution in [0.4, 0.5) is 0 Å². The molecule has 0 aliphatic heterocycles. The number of esters is 2. The monoisotopic (exact) mass is 494 g/mol. The Hall–Kier alpha value is -3.35. The minimum Gasteiger partial charge on any atom is -0.455 e. The van der Waals surface area contributed by atoms with Crippen LogP contribution in [0.15, 0.2) is 11.1 Å². The fourth-order valence-corrected chi connectivity index (χ4v) is 4.11. The number of carbonyl (C=O) groups is 3. The Bertz CT molecular complexity index is 1190. The van der Waals surface area contributed by atoms with Gasteiger partial charge in [-0.25, -0.2) is 9.59 Å². The molecule has 0 aromatic carbocycles. The number of carbonyl (C=O) groups excluding carboxylic acids is 3. The quantitative estimate of drug-likeness (QED) is 0.383. The molecule has 36 heavy (non-hydrogen) atoms. The lowest BCUT2D eigenvalue weighted by Gasteiger charge is -2.19. The fourth-order valence-electron chi connectivity index (χ4n) is 4.11. The van der Waals surface area contributed by atoms with Crippen LogP contribution in [0.25, 0.3) is 12.2 Å². The van der Waals surface area contributed by atoms with Gasteiger partial charge in [-0.2, -0.15) is 0 Å². The first-order valence-electron chi connectivity index (χ1n) is 12.3. The number of ether oxygens (including phenoxy) is 2. The van der Waals surface area contributed by atoms with Crippen LogP contribution in [0, 0.1) is 27.7 Å². The van der Waals surface area contributed by atoms with E-state index < -0.39 is 23.1 Å². The molecule has 0 amide bonds. The van der Waals surface area contributed by atoms with Gasteiger partial charge in [-0.05, 0) is 116 Å². The highest BCUT2D eigenvalue weighted by Crippen LogP contribution is 2.32. The smallest absolute Gasteiger partial charge is 0.355 e. The van der Waals surface area contributed by atoms with Crippen LogP contribution in [0.3, 0.4) is 0 Å². The number of hydrogen-bond donors (Lipinski definition) is 2. The number of H-pyrrole nitrogens is 2. The van der Waals surface area contributed by atoms with E-state index in [0.717, 1.165) is 33.6 Å². The molecule has 0 saturated heterocycles. The molecule has 1 aliphatic rings. The van der Waals surface area contributed by atoms with E-state index >= 15 is 0 Å². The van der Waals surface area contributed by atoms with Crippen LogP contribution in [-0.4, -0.2) is 38.9 Å². The molecule has 7 nitrogen and oxygen atoms in total. The van der Waals surface area contributed by atoms with E-state index in [0.29, 0.717) is 35.4 Å². The number of hydrogen-bond acceptors (Lipinski definition) is 5. The minimum atomic E-state index is -0.597.